The number of thiazole rings is 1. The molecule has 1 aliphatic rings. The van der Waals surface area contributed by atoms with E-state index in [4.69, 9.17) is 0 Å². The lowest BCUT2D eigenvalue weighted by molar-refractivity contribution is -0.116. The third kappa shape index (κ3) is 4.73. The van der Waals surface area contributed by atoms with Crippen LogP contribution in [0.2, 0.25) is 0 Å². The van der Waals surface area contributed by atoms with Crippen molar-refractivity contribution in [3.8, 4) is 0 Å². The van der Waals surface area contributed by atoms with Gasteiger partial charge in [0, 0.05) is 31.3 Å². The fourth-order valence-corrected chi connectivity index (χ4v) is 4.35. The minimum absolute atomic E-state index is 0.0250. The van der Waals surface area contributed by atoms with Gasteiger partial charge >= 0.3 is 0 Å². The van der Waals surface area contributed by atoms with E-state index >= 15 is 0 Å². The van der Waals surface area contributed by atoms with Crippen LogP contribution in [0.25, 0.3) is 11.0 Å². The summed E-state index contributed by atoms with van der Waals surface area (Å²) in [4.78, 5) is 27.1. The topological polar surface area (TPSA) is 73.9 Å². The highest BCUT2D eigenvalue weighted by Gasteiger charge is 2.17. The lowest BCUT2D eigenvalue weighted by Gasteiger charge is -2.30. The summed E-state index contributed by atoms with van der Waals surface area (Å²) in [6.45, 7) is 5.45. The summed E-state index contributed by atoms with van der Waals surface area (Å²) >= 11 is 1.50. The average molecular weight is 384 g/mol. The van der Waals surface area contributed by atoms with Crippen molar-refractivity contribution < 1.29 is 4.79 Å². The number of aryl methyl sites for hydroxylation is 1. The Morgan fingerprint density at radius 2 is 2.26 bits per heavy atom. The summed E-state index contributed by atoms with van der Waals surface area (Å²) in [7, 11) is 0. The zero-order valence-electron chi connectivity index (χ0n) is 15.6. The van der Waals surface area contributed by atoms with E-state index in [9.17, 15) is 4.79 Å². The van der Waals surface area contributed by atoms with E-state index in [2.05, 4.69) is 32.1 Å². The molecular weight excluding hydrogens is 358 g/mol. The maximum absolute atomic E-state index is 12.2. The Labute approximate surface area is 163 Å². The molecule has 0 aliphatic carbocycles. The van der Waals surface area contributed by atoms with E-state index < -0.39 is 0 Å². The van der Waals surface area contributed by atoms with Crippen molar-refractivity contribution in [2.75, 3.05) is 18.4 Å². The molecule has 1 fully saturated rings. The van der Waals surface area contributed by atoms with Gasteiger partial charge in [0.2, 0.25) is 5.91 Å². The molecule has 7 heteroatoms. The van der Waals surface area contributed by atoms with E-state index in [0.29, 0.717) is 18.0 Å². The fourth-order valence-electron chi connectivity index (χ4n) is 3.63. The van der Waals surface area contributed by atoms with Crippen LogP contribution >= 0.6 is 11.3 Å². The van der Waals surface area contributed by atoms with Gasteiger partial charge in [0.15, 0.2) is 5.13 Å². The van der Waals surface area contributed by atoms with Crippen molar-refractivity contribution >= 4 is 33.4 Å². The number of piperidine rings is 1. The standard InChI is InChI=1S/C20H25N5OS/c1-14-5-4-10-25(11-14)12-15-13-27-20(21-15)24-19(26)9-8-18-22-16-6-2-3-7-17(16)23-18/h2-3,6-7,13-14H,4-5,8-12H2,1H3,(H,22,23)(H,21,24,26). The van der Waals surface area contributed by atoms with Crippen LogP contribution in [0.4, 0.5) is 5.13 Å². The van der Waals surface area contributed by atoms with Crippen molar-refractivity contribution in [3.05, 3.63) is 41.2 Å². The Morgan fingerprint density at radius 1 is 1.37 bits per heavy atom. The number of rotatable bonds is 6. The van der Waals surface area contributed by atoms with Gasteiger partial charge < -0.3 is 10.3 Å². The summed E-state index contributed by atoms with van der Waals surface area (Å²) in [5.41, 5.74) is 2.98. The van der Waals surface area contributed by atoms with Crippen molar-refractivity contribution in [2.45, 2.75) is 39.2 Å². The molecule has 2 N–H and O–H groups in total. The number of aromatic amines is 1. The number of imidazole rings is 1. The number of fused-ring (bicyclic) bond motifs is 1. The van der Waals surface area contributed by atoms with E-state index in [-0.39, 0.29) is 5.91 Å². The predicted octanol–water partition coefficient (Wildman–Crippen LogP) is 3.82. The maximum atomic E-state index is 12.2. The quantitative estimate of drug-likeness (QED) is 0.679. The lowest BCUT2D eigenvalue weighted by atomic mass is 10.0. The Bertz CT molecular complexity index is 885. The molecule has 2 aromatic heterocycles. The number of hydrogen-bond donors (Lipinski definition) is 2. The largest absolute Gasteiger partial charge is 0.342 e. The van der Waals surface area contributed by atoms with Crippen LogP contribution in [0, 0.1) is 5.92 Å². The summed E-state index contributed by atoms with van der Waals surface area (Å²) in [5, 5.41) is 5.66. The van der Waals surface area contributed by atoms with E-state index in [1.54, 1.807) is 0 Å². The zero-order chi connectivity index (χ0) is 18.6. The molecule has 1 saturated heterocycles. The Balaban J connectivity index is 1.27. The first-order valence-electron chi connectivity index (χ1n) is 9.56. The van der Waals surface area contributed by atoms with Gasteiger partial charge in [-0.05, 0) is 37.4 Å². The molecule has 0 bridgehead atoms. The summed E-state index contributed by atoms with van der Waals surface area (Å²) in [6.07, 6.45) is 3.56. The molecule has 1 amide bonds. The highest BCUT2D eigenvalue weighted by Crippen LogP contribution is 2.21. The Hall–Kier alpha value is -2.25. The monoisotopic (exact) mass is 383 g/mol. The van der Waals surface area contributed by atoms with Crippen LogP contribution < -0.4 is 5.32 Å². The van der Waals surface area contributed by atoms with Crippen molar-refractivity contribution in [1.82, 2.24) is 19.9 Å². The number of carbonyl (C=O) groups is 1. The van der Waals surface area contributed by atoms with Crippen LogP contribution in [0.3, 0.4) is 0 Å². The molecule has 0 saturated carbocycles. The summed E-state index contributed by atoms with van der Waals surface area (Å²) in [6, 6.07) is 7.90. The summed E-state index contributed by atoms with van der Waals surface area (Å²) < 4.78 is 0. The molecule has 27 heavy (non-hydrogen) atoms. The normalized spacial score (nSPS) is 18.0. The minimum atomic E-state index is -0.0250. The van der Waals surface area contributed by atoms with Crippen molar-refractivity contribution in [1.29, 1.82) is 0 Å². The zero-order valence-corrected chi connectivity index (χ0v) is 16.4. The number of nitrogens with zero attached hydrogens (tertiary/aromatic N) is 3. The third-order valence-electron chi connectivity index (χ3n) is 4.95. The van der Waals surface area contributed by atoms with E-state index in [0.717, 1.165) is 48.1 Å². The number of benzene rings is 1. The number of anilines is 1. The predicted molar refractivity (Wildman–Crippen MR) is 109 cm³/mol. The number of hydrogen-bond acceptors (Lipinski definition) is 5. The third-order valence-corrected chi connectivity index (χ3v) is 5.76. The van der Waals surface area contributed by atoms with Gasteiger partial charge in [-0.1, -0.05) is 19.1 Å². The van der Waals surface area contributed by atoms with Gasteiger partial charge in [0.05, 0.1) is 16.7 Å². The molecule has 6 nitrogen and oxygen atoms in total. The van der Waals surface area contributed by atoms with E-state index in [1.165, 1.54) is 24.2 Å². The highest BCUT2D eigenvalue weighted by atomic mass is 32.1. The van der Waals surface area contributed by atoms with Crippen molar-refractivity contribution in [3.63, 3.8) is 0 Å². The first-order chi connectivity index (χ1) is 13.2. The summed E-state index contributed by atoms with van der Waals surface area (Å²) in [5.74, 6) is 1.57. The second kappa shape index (κ2) is 8.19. The Morgan fingerprint density at radius 3 is 3.11 bits per heavy atom. The highest BCUT2D eigenvalue weighted by molar-refractivity contribution is 7.13. The van der Waals surface area contributed by atoms with E-state index in [1.807, 2.05) is 29.6 Å². The number of carbonyl (C=O) groups excluding carboxylic acids is 1. The van der Waals surface area contributed by atoms with Crippen LogP contribution in [0.5, 0.6) is 0 Å². The van der Waals surface area contributed by atoms with Gasteiger partial charge in [-0.15, -0.1) is 11.3 Å². The second-order valence-electron chi connectivity index (χ2n) is 7.38. The molecule has 142 valence electrons. The maximum Gasteiger partial charge on any atom is 0.226 e. The number of nitrogens with one attached hydrogen (secondary N) is 2. The number of aromatic nitrogens is 3. The molecule has 1 aromatic carbocycles. The molecule has 3 aromatic rings. The van der Waals surface area contributed by atoms with Gasteiger partial charge in [0.25, 0.3) is 0 Å². The van der Waals surface area contributed by atoms with Crippen LogP contribution in [0.1, 0.15) is 37.7 Å². The van der Waals surface area contributed by atoms with Crippen LogP contribution in [-0.2, 0) is 17.8 Å². The smallest absolute Gasteiger partial charge is 0.226 e. The molecule has 1 aliphatic heterocycles. The molecule has 1 atom stereocenters. The average Bonchev–Trinajstić information content (AvgIpc) is 3.26. The number of H-pyrrole nitrogens is 1. The van der Waals surface area contributed by atoms with Crippen LogP contribution in [0.15, 0.2) is 29.6 Å². The number of para-hydroxylation sites is 2. The lowest BCUT2D eigenvalue weighted by Crippen LogP contribution is -2.33. The SMILES string of the molecule is CC1CCCN(Cc2csc(NC(=O)CCc3nc4ccccc4[nH]3)n2)C1. The van der Waals surface area contributed by atoms with Crippen molar-refractivity contribution in [2.24, 2.45) is 5.92 Å². The molecular formula is C20H25N5OS. The molecule has 0 spiro atoms. The number of amides is 1. The second-order valence-corrected chi connectivity index (χ2v) is 8.23. The van der Waals surface area contributed by atoms with Gasteiger partial charge in [-0.25, -0.2) is 9.97 Å². The fraction of sp³-hybridized carbons (Fsp3) is 0.450. The van der Waals surface area contributed by atoms with Gasteiger partial charge in [-0.3, -0.25) is 9.69 Å². The molecule has 1 unspecified atom stereocenters. The molecule has 3 heterocycles. The number of likely N-dealkylation sites (tertiary alicyclic amines) is 1. The first-order valence-corrected chi connectivity index (χ1v) is 10.4. The van der Waals surface area contributed by atoms with Crippen LogP contribution in [-0.4, -0.2) is 38.8 Å². The van der Waals surface area contributed by atoms with Gasteiger partial charge in [0.1, 0.15) is 5.82 Å². The minimum Gasteiger partial charge on any atom is -0.342 e. The Kier molecular flexibility index (Phi) is 5.50. The molecule has 0 radical (unpaired) electrons. The first kappa shape index (κ1) is 18.1. The molecule has 4 rings (SSSR count). The van der Waals surface area contributed by atoms with Gasteiger partial charge in [-0.2, -0.15) is 0 Å².